The van der Waals surface area contributed by atoms with Crippen molar-refractivity contribution in [3.05, 3.63) is 35.9 Å². The molecule has 3 rings (SSSR count). The highest BCUT2D eigenvalue weighted by Crippen LogP contribution is 2.47. The maximum absolute atomic E-state index is 10.1. The molecule has 0 radical (unpaired) electrons. The van der Waals surface area contributed by atoms with Crippen LogP contribution in [-0.2, 0) is 5.41 Å². The zero-order valence-electron chi connectivity index (χ0n) is 13.6. The summed E-state index contributed by atoms with van der Waals surface area (Å²) in [6.07, 6.45) is 5.68. The normalized spacial score (nSPS) is 31.1. The Morgan fingerprint density at radius 3 is 2.73 bits per heavy atom. The van der Waals surface area contributed by atoms with Gasteiger partial charge in [-0.05, 0) is 43.6 Å². The van der Waals surface area contributed by atoms with E-state index in [-0.39, 0.29) is 11.5 Å². The van der Waals surface area contributed by atoms with E-state index in [1.54, 1.807) is 14.2 Å². The van der Waals surface area contributed by atoms with Crippen LogP contribution in [0.5, 0.6) is 11.5 Å². The molecule has 1 saturated heterocycles. The molecular formula is C18H25NO3. The van der Waals surface area contributed by atoms with Gasteiger partial charge < -0.3 is 14.6 Å². The maximum atomic E-state index is 10.1. The Balaban J connectivity index is 2.06. The highest BCUT2D eigenvalue weighted by Gasteiger charge is 2.48. The molecule has 0 bridgehead atoms. The molecule has 1 fully saturated rings. The van der Waals surface area contributed by atoms with E-state index in [1.165, 1.54) is 5.56 Å². The molecule has 1 aliphatic heterocycles. The van der Waals surface area contributed by atoms with Gasteiger partial charge in [0.2, 0.25) is 0 Å². The second-order valence-corrected chi connectivity index (χ2v) is 6.17. The molecule has 0 spiro atoms. The number of hydrogen-bond acceptors (Lipinski definition) is 4. The fourth-order valence-corrected chi connectivity index (χ4v) is 4.06. The van der Waals surface area contributed by atoms with Gasteiger partial charge in [0, 0.05) is 11.5 Å². The molecule has 0 unspecified atom stereocenters. The third kappa shape index (κ3) is 2.31. The van der Waals surface area contributed by atoms with Crippen molar-refractivity contribution < 1.29 is 14.6 Å². The van der Waals surface area contributed by atoms with Crippen molar-refractivity contribution in [2.24, 2.45) is 0 Å². The number of likely N-dealkylation sites (tertiary alicyclic amines) is 1. The average molecular weight is 303 g/mol. The Hall–Kier alpha value is -1.52. The molecule has 2 aliphatic rings. The van der Waals surface area contributed by atoms with Gasteiger partial charge in [-0.1, -0.05) is 25.1 Å². The van der Waals surface area contributed by atoms with Crippen molar-refractivity contribution in [1.29, 1.82) is 0 Å². The first-order valence-electron chi connectivity index (χ1n) is 7.98. The molecule has 1 heterocycles. The third-order valence-corrected chi connectivity index (χ3v) is 5.26. The van der Waals surface area contributed by atoms with Crippen molar-refractivity contribution in [2.75, 3.05) is 27.3 Å². The molecule has 4 heteroatoms. The molecule has 1 aromatic carbocycles. The number of ether oxygens (including phenoxy) is 2. The summed E-state index contributed by atoms with van der Waals surface area (Å²) < 4.78 is 10.8. The van der Waals surface area contributed by atoms with Gasteiger partial charge in [-0.3, -0.25) is 4.90 Å². The summed E-state index contributed by atoms with van der Waals surface area (Å²) in [6.45, 7) is 4.27. The number of benzene rings is 1. The molecule has 1 aromatic rings. The Morgan fingerprint density at radius 1 is 1.27 bits per heavy atom. The summed E-state index contributed by atoms with van der Waals surface area (Å²) in [5.74, 6) is 1.52. The number of rotatable bonds is 4. The van der Waals surface area contributed by atoms with Crippen LogP contribution in [0.4, 0.5) is 0 Å². The Bertz CT molecular complexity index is 571. The fourth-order valence-electron chi connectivity index (χ4n) is 4.06. The fraction of sp³-hybridized carbons (Fsp3) is 0.556. The van der Waals surface area contributed by atoms with E-state index in [0.717, 1.165) is 37.4 Å². The summed E-state index contributed by atoms with van der Waals surface area (Å²) in [4.78, 5) is 2.48. The van der Waals surface area contributed by atoms with Crippen molar-refractivity contribution in [3.8, 4) is 11.5 Å². The molecule has 1 aliphatic carbocycles. The standard InChI is InChI=1S/C18H25NO3/c1-4-19-10-9-18(8-7-14(20)12-17(18)19)13-5-6-15(21-2)16(11-13)22-3/h5-8,11,14,17,20H,4,9-10,12H2,1-3H3/t14-,17+,18+/m1/s1. The van der Waals surface area contributed by atoms with E-state index in [2.05, 4.69) is 30.0 Å². The van der Waals surface area contributed by atoms with E-state index < -0.39 is 0 Å². The second-order valence-electron chi connectivity index (χ2n) is 6.17. The van der Waals surface area contributed by atoms with E-state index >= 15 is 0 Å². The topological polar surface area (TPSA) is 41.9 Å². The summed E-state index contributed by atoms with van der Waals surface area (Å²) in [6, 6.07) is 6.55. The van der Waals surface area contributed by atoms with E-state index in [9.17, 15) is 5.11 Å². The number of fused-ring (bicyclic) bond motifs is 1. The zero-order valence-corrected chi connectivity index (χ0v) is 13.6. The monoisotopic (exact) mass is 303 g/mol. The molecule has 22 heavy (non-hydrogen) atoms. The van der Waals surface area contributed by atoms with Gasteiger partial charge in [-0.15, -0.1) is 0 Å². The lowest BCUT2D eigenvalue weighted by molar-refractivity contribution is 0.127. The van der Waals surface area contributed by atoms with E-state index in [0.29, 0.717) is 6.04 Å². The van der Waals surface area contributed by atoms with Gasteiger partial charge in [0.05, 0.1) is 20.3 Å². The van der Waals surface area contributed by atoms with Crippen LogP contribution < -0.4 is 9.47 Å². The molecule has 120 valence electrons. The van der Waals surface area contributed by atoms with Crippen molar-refractivity contribution >= 4 is 0 Å². The second kappa shape index (κ2) is 5.94. The minimum atomic E-state index is -0.342. The molecule has 4 nitrogen and oxygen atoms in total. The number of hydrogen-bond donors (Lipinski definition) is 1. The van der Waals surface area contributed by atoms with Crippen LogP contribution in [0, 0.1) is 0 Å². The smallest absolute Gasteiger partial charge is 0.161 e. The van der Waals surface area contributed by atoms with Crippen LogP contribution in [0.25, 0.3) is 0 Å². The Kier molecular flexibility index (Phi) is 4.15. The third-order valence-electron chi connectivity index (χ3n) is 5.26. The molecule has 0 aromatic heterocycles. The SMILES string of the molecule is CCN1CC[C@]2(c3ccc(OC)c(OC)c3)C=C[C@@H](O)C[C@H]12. The quantitative estimate of drug-likeness (QED) is 0.867. The van der Waals surface area contributed by atoms with Crippen LogP contribution >= 0.6 is 0 Å². The maximum Gasteiger partial charge on any atom is 0.161 e. The molecule has 0 saturated carbocycles. The van der Waals surface area contributed by atoms with Crippen LogP contribution in [0.15, 0.2) is 30.4 Å². The highest BCUT2D eigenvalue weighted by atomic mass is 16.5. The number of aliphatic hydroxyl groups excluding tert-OH is 1. The Morgan fingerprint density at radius 2 is 2.05 bits per heavy atom. The zero-order chi connectivity index (χ0) is 15.7. The molecular weight excluding hydrogens is 278 g/mol. The van der Waals surface area contributed by atoms with Crippen LogP contribution in [0.2, 0.25) is 0 Å². The average Bonchev–Trinajstić information content (AvgIpc) is 2.93. The molecule has 3 atom stereocenters. The van der Waals surface area contributed by atoms with Crippen LogP contribution in [0.3, 0.4) is 0 Å². The van der Waals surface area contributed by atoms with Gasteiger partial charge in [-0.2, -0.15) is 0 Å². The van der Waals surface area contributed by atoms with Crippen molar-refractivity contribution in [2.45, 2.75) is 37.3 Å². The van der Waals surface area contributed by atoms with Crippen LogP contribution in [0.1, 0.15) is 25.3 Å². The lowest BCUT2D eigenvalue weighted by Crippen LogP contribution is -2.45. The lowest BCUT2D eigenvalue weighted by atomic mass is 9.69. The van der Waals surface area contributed by atoms with Gasteiger partial charge in [0.1, 0.15) is 0 Å². The number of likely N-dealkylation sites (N-methyl/N-ethyl adjacent to an activating group) is 1. The molecule has 0 amide bonds. The number of aliphatic hydroxyl groups is 1. The van der Waals surface area contributed by atoms with E-state index in [4.69, 9.17) is 9.47 Å². The minimum Gasteiger partial charge on any atom is -0.493 e. The van der Waals surface area contributed by atoms with Gasteiger partial charge in [0.15, 0.2) is 11.5 Å². The number of nitrogens with zero attached hydrogens (tertiary/aromatic N) is 1. The lowest BCUT2D eigenvalue weighted by Gasteiger charge is -2.40. The van der Waals surface area contributed by atoms with Crippen LogP contribution in [-0.4, -0.2) is 49.5 Å². The van der Waals surface area contributed by atoms with Crippen molar-refractivity contribution in [1.82, 2.24) is 4.90 Å². The summed E-state index contributed by atoms with van der Waals surface area (Å²) in [7, 11) is 3.33. The first-order chi connectivity index (χ1) is 10.6. The highest BCUT2D eigenvalue weighted by molar-refractivity contribution is 5.48. The summed E-state index contributed by atoms with van der Waals surface area (Å²) in [5.41, 5.74) is 1.21. The van der Waals surface area contributed by atoms with Crippen molar-refractivity contribution in [3.63, 3.8) is 0 Å². The summed E-state index contributed by atoms with van der Waals surface area (Å²) >= 11 is 0. The molecule has 1 N–H and O–H groups in total. The predicted octanol–water partition coefficient (Wildman–Crippen LogP) is 2.36. The summed E-state index contributed by atoms with van der Waals surface area (Å²) in [5, 5.41) is 10.1. The first kappa shape index (κ1) is 15.4. The van der Waals surface area contributed by atoms with Gasteiger partial charge >= 0.3 is 0 Å². The minimum absolute atomic E-state index is 0.0329. The van der Waals surface area contributed by atoms with Gasteiger partial charge in [0.25, 0.3) is 0 Å². The van der Waals surface area contributed by atoms with E-state index in [1.807, 2.05) is 12.1 Å². The Labute approximate surface area is 132 Å². The first-order valence-corrected chi connectivity index (χ1v) is 7.98. The largest absolute Gasteiger partial charge is 0.493 e. The predicted molar refractivity (Wildman–Crippen MR) is 86.6 cm³/mol. The van der Waals surface area contributed by atoms with Gasteiger partial charge in [-0.25, -0.2) is 0 Å². The number of methoxy groups -OCH3 is 2.